The van der Waals surface area contributed by atoms with Gasteiger partial charge in [-0.1, -0.05) is 42.1 Å². The van der Waals surface area contributed by atoms with Crippen molar-refractivity contribution in [3.63, 3.8) is 0 Å². The number of nitrogens with zero attached hydrogens (tertiary/aromatic N) is 4. The number of rotatable bonds is 7. The standard InChI is InChI=1S/C22H17N5O4S2/c1-12-16-19(28)23-15(24-20(16)33-17(12)21(29)30)11-32-22-26-25-18(14-8-5-9-31-14)27(22)10-13-6-3-2-4-7-13/h2-9H,10-11H2,1H3,(H,29,30)(H,23,24,28). The van der Waals surface area contributed by atoms with Crippen molar-refractivity contribution in [2.24, 2.45) is 0 Å². The normalized spacial score (nSPS) is 11.3. The highest BCUT2D eigenvalue weighted by molar-refractivity contribution is 7.98. The maximum Gasteiger partial charge on any atom is 0.346 e. The van der Waals surface area contributed by atoms with Crippen molar-refractivity contribution < 1.29 is 14.3 Å². The van der Waals surface area contributed by atoms with E-state index in [-0.39, 0.29) is 10.4 Å². The van der Waals surface area contributed by atoms with Gasteiger partial charge in [0.05, 0.1) is 23.9 Å². The lowest BCUT2D eigenvalue weighted by Crippen LogP contribution is -2.11. The summed E-state index contributed by atoms with van der Waals surface area (Å²) < 4.78 is 7.48. The van der Waals surface area contributed by atoms with Gasteiger partial charge in [0.15, 0.2) is 10.9 Å². The fourth-order valence-corrected chi connectivity index (χ4v) is 5.33. The molecule has 4 heterocycles. The maximum absolute atomic E-state index is 12.6. The highest BCUT2D eigenvalue weighted by Crippen LogP contribution is 2.29. The number of carboxylic acid groups (broad SMARTS) is 1. The molecule has 5 rings (SSSR count). The molecule has 0 aliphatic heterocycles. The van der Waals surface area contributed by atoms with Crippen LogP contribution in [0, 0.1) is 6.92 Å². The van der Waals surface area contributed by atoms with Crippen LogP contribution < -0.4 is 5.56 Å². The van der Waals surface area contributed by atoms with Crippen molar-refractivity contribution >= 4 is 39.3 Å². The van der Waals surface area contributed by atoms with Gasteiger partial charge in [0.1, 0.15) is 15.5 Å². The molecule has 2 N–H and O–H groups in total. The van der Waals surface area contributed by atoms with Crippen molar-refractivity contribution in [1.82, 2.24) is 24.7 Å². The van der Waals surface area contributed by atoms with E-state index in [0.717, 1.165) is 16.9 Å². The van der Waals surface area contributed by atoms with Crippen LogP contribution in [0.5, 0.6) is 0 Å². The van der Waals surface area contributed by atoms with Crippen molar-refractivity contribution in [2.45, 2.75) is 24.4 Å². The van der Waals surface area contributed by atoms with Crippen molar-refractivity contribution in [1.29, 1.82) is 0 Å². The molecule has 0 amide bonds. The Kier molecular flexibility index (Phi) is 5.56. The summed E-state index contributed by atoms with van der Waals surface area (Å²) in [5.41, 5.74) is 1.16. The molecule has 9 nitrogen and oxygen atoms in total. The van der Waals surface area contributed by atoms with Crippen molar-refractivity contribution in [3.05, 3.63) is 80.9 Å². The van der Waals surface area contributed by atoms with Crippen LogP contribution in [-0.4, -0.2) is 35.8 Å². The first kappa shape index (κ1) is 21.2. The molecule has 0 saturated carbocycles. The summed E-state index contributed by atoms with van der Waals surface area (Å²) in [6, 6.07) is 13.6. The summed E-state index contributed by atoms with van der Waals surface area (Å²) >= 11 is 2.38. The fourth-order valence-electron chi connectivity index (χ4n) is 3.49. The zero-order valence-corrected chi connectivity index (χ0v) is 18.9. The Morgan fingerprint density at radius 3 is 2.76 bits per heavy atom. The molecule has 0 fully saturated rings. The van der Waals surface area contributed by atoms with Gasteiger partial charge in [0, 0.05) is 0 Å². The second-order valence-corrected chi connectivity index (χ2v) is 9.14. The molecule has 166 valence electrons. The van der Waals surface area contributed by atoms with Gasteiger partial charge >= 0.3 is 5.97 Å². The number of aryl methyl sites for hydroxylation is 1. The van der Waals surface area contributed by atoms with Crippen LogP contribution >= 0.6 is 23.1 Å². The van der Waals surface area contributed by atoms with Crippen LogP contribution in [0.25, 0.3) is 21.8 Å². The molecule has 0 radical (unpaired) electrons. The van der Waals surface area contributed by atoms with E-state index in [1.165, 1.54) is 11.8 Å². The number of aromatic carboxylic acids is 1. The lowest BCUT2D eigenvalue weighted by molar-refractivity contribution is 0.0701. The molecule has 5 aromatic rings. The van der Waals surface area contributed by atoms with Crippen LogP contribution in [-0.2, 0) is 12.3 Å². The van der Waals surface area contributed by atoms with Crippen molar-refractivity contribution in [2.75, 3.05) is 0 Å². The number of carboxylic acids is 1. The third-order valence-corrected chi connectivity index (χ3v) is 7.18. The van der Waals surface area contributed by atoms with E-state index in [1.807, 2.05) is 41.0 Å². The van der Waals surface area contributed by atoms with E-state index < -0.39 is 5.97 Å². The minimum absolute atomic E-state index is 0.124. The minimum Gasteiger partial charge on any atom is -0.477 e. The zero-order valence-electron chi connectivity index (χ0n) is 17.3. The molecule has 4 aromatic heterocycles. The molecule has 0 spiro atoms. The lowest BCUT2D eigenvalue weighted by Gasteiger charge is -2.09. The summed E-state index contributed by atoms with van der Waals surface area (Å²) in [4.78, 5) is 31.8. The largest absolute Gasteiger partial charge is 0.477 e. The molecule has 0 aliphatic rings. The SMILES string of the molecule is Cc1c(C(=O)O)sc2nc(CSc3nnc(-c4ccco4)n3Cc3ccccc3)[nH]c(=O)c12. The maximum atomic E-state index is 12.6. The predicted octanol–water partition coefficient (Wildman–Crippen LogP) is 4.18. The van der Waals surface area contributed by atoms with Gasteiger partial charge in [0.2, 0.25) is 5.82 Å². The fraction of sp³-hybridized carbons (Fsp3) is 0.136. The van der Waals surface area contributed by atoms with Gasteiger partial charge in [0.25, 0.3) is 5.56 Å². The number of nitrogens with one attached hydrogen (secondary N) is 1. The Labute approximate surface area is 195 Å². The van der Waals surface area contributed by atoms with Crippen LogP contribution in [0.1, 0.15) is 26.6 Å². The number of carbonyl (C=O) groups is 1. The second-order valence-electron chi connectivity index (χ2n) is 7.20. The van der Waals surface area contributed by atoms with E-state index in [1.54, 1.807) is 19.3 Å². The van der Waals surface area contributed by atoms with E-state index in [0.29, 0.717) is 50.6 Å². The molecule has 0 saturated heterocycles. The third-order valence-electron chi connectivity index (χ3n) is 5.02. The lowest BCUT2D eigenvalue weighted by atomic mass is 10.2. The number of benzene rings is 1. The number of aromatic amines is 1. The summed E-state index contributed by atoms with van der Waals surface area (Å²) in [5.74, 6) is 0.904. The van der Waals surface area contributed by atoms with E-state index in [4.69, 9.17) is 4.42 Å². The third kappa shape index (κ3) is 4.08. The number of H-pyrrole nitrogens is 1. The van der Waals surface area contributed by atoms with Gasteiger partial charge in [-0.25, -0.2) is 9.78 Å². The van der Waals surface area contributed by atoms with Crippen molar-refractivity contribution in [3.8, 4) is 11.6 Å². The number of thiophene rings is 1. The quantitative estimate of drug-likeness (QED) is 0.333. The molecule has 0 bridgehead atoms. The molecule has 11 heteroatoms. The molecular weight excluding hydrogens is 462 g/mol. The van der Waals surface area contributed by atoms with Gasteiger partial charge in [-0.05, 0) is 30.2 Å². The smallest absolute Gasteiger partial charge is 0.346 e. The van der Waals surface area contributed by atoms with Gasteiger partial charge < -0.3 is 14.5 Å². The predicted molar refractivity (Wildman–Crippen MR) is 125 cm³/mol. The van der Waals surface area contributed by atoms with Crippen LogP contribution in [0.4, 0.5) is 0 Å². The minimum atomic E-state index is -1.06. The first-order valence-electron chi connectivity index (χ1n) is 9.90. The summed E-state index contributed by atoms with van der Waals surface area (Å²) in [6.07, 6.45) is 1.59. The Morgan fingerprint density at radius 2 is 2.03 bits per heavy atom. The number of fused-ring (bicyclic) bond motifs is 1. The highest BCUT2D eigenvalue weighted by atomic mass is 32.2. The second kappa shape index (κ2) is 8.68. The number of hydrogen-bond donors (Lipinski definition) is 2. The average molecular weight is 480 g/mol. The molecular formula is C22H17N5O4S2. The Bertz CT molecular complexity index is 1500. The van der Waals surface area contributed by atoms with Gasteiger partial charge in [-0.3, -0.25) is 9.36 Å². The zero-order chi connectivity index (χ0) is 22.9. The Morgan fingerprint density at radius 1 is 1.21 bits per heavy atom. The number of aromatic nitrogens is 5. The number of hydrogen-bond acceptors (Lipinski definition) is 8. The molecule has 0 aliphatic carbocycles. The highest BCUT2D eigenvalue weighted by Gasteiger charge is 2.20. The van der Waals surface area contributed by atoms with Gasteiger partial charge in [-0.2, -0.15) is 0 Å². The van der Waals surface area contributed by atoms with Crippen LogP contribution in [0.15, 0.2) is 63.1 Å². The number of thioether (sulfide) groups is 1. The van der Waals surface area contributed by atoms with Gasteiger partial charge in [-0.15, -0.1) is 21.5 Å². The van der Waals surface area contributed by atoms with Crippen LogP contribution in [0.2, 0.25) is 0 Å². The van der Waals surface area contributed by atoms with E-state index in [9.17, 15) is 14.7 Å². The Balaban J connectivity index is 1.47. The summed E-state index contributed by atoms with van der Waals surface area (Å²) in [5, 5.41) is 19.0. The Hall–Kier alpha value is -3.70. The first-order valence-corrected chi connectivity index (χ1v) is 11.7. The summed E-state index contributed by atoms with van der Waals surface area (Å²) in [6.45, 7) is 2.16. The molecule has 1 aromatic carbocycles. The average Bonchev–Trinajstić information content (AvgIpc) is 3.52. The molecule has 33 heavy (non-hydrogen) atoms. The topological polar surface area (TPSA) is 127 Å². The van der Waals surface area contributed by atoms with Crippen LogP contribution in [0.3, 0.4) is 0 Å². The van der Waals surface area contributed by atoms with E-state index >= 15 is 0 Å². The molecule has 0 atom stereocenters. The summed E-state index contributed by atoms with van der Waals surface area (Å²) in [7, 11) is 0. The number of furan rings is 1. The first-order chi connectivity index (χ1) is 16.0. The van der Waals surface area contributed by atoms with E-state index in [2.05, 4.69) is 20.2 Å². The molecule has 0 unspecified atom stereocenters. The monoisotopic (exact) mass is 479 g/mol.